The summed E-state index contributed by atoms with van der Waals surface area (Å²) in [7, 11) is 5.85. The van der Waals surface area contributed by atoms with Crippen molar-refractivity contribution in [3.05, 3.63) is 48.5 Å². The lowest BCUT2D eigenvalue weighted by Gasteiger charge is -2.21. The molecule has 2 aromatic carbocycles. The number of amides is 2. The van der Waals surface area contributed by atoms with Crippen LogP contribution in [0.15, 0.2) is 48.5 Å². The van der Waals surface area contributed by atoms with Gasteiger partial charge < -0.3 is 24.6 Å². The van der Waals surface area contributed by atoms with Gasteiger partial charge in [-0.05, 0) is 68.2 Å². The van der Waals surface area contributed by atoms with Crippen molar-refractivity contribution < 1.29 is 14.3 Å². The number of hydrogen-bond acceptors (Lipinski definition) is 4. The number of urea groups is 1. The second-order valence-electron chi connectivity index (χ2n) is 7.89. The van der Waals surface area contributed by atoms with E-state index in [-0.39, 0.29) is 6.03 Å². The lowest BCUT2D eigenvalue weighted by molar-refractivity contribution is 0.212. The van der Waals surface area contributed by atoms with Gasteiger partial charge in [-0.1, -0.05) is 6.07 Å². The fraction of sp³-hybridized carbons (Fsp3) is 0.409. The van der Waals surface area contributed by atoms with E-state index in [4.69, 9.17) is 9.47 Å². The van der Waals surface area contributed by atoms with E-state index in [2.05, 4.69) is 24.3 Å². The summed E-state index contributed by atoms with van der Waals surface area (Å²) in [5, 5.41) is 2.99. The van der Waals surface area contributed by atoms with Gasteiger partial charge in [0.2, 0.25) is 0 Å². The van der Waals surface area contributed by atoms with E-state index >= 15 is 0 Å². The molecule has 0 aromatic heterocycles. The van der Waals surface area contributed by atoms with Gasteiger partial charge in [0.25, 0.3) is 0 Å². The van der Waals surface area contributed by atoms with Crippen LogP contribution in [0.3, 0.4) is 0 Å². The number of methoxy groups -OCH3 is 1. The quantitative estimate of drug-likeness (QED) is 0.828. The summed E-state index contributed by atoms with van der Waals surface area (Å²) >= 11 is 0. The molecule has 6 nitrogen and oxygen atoms in total. The molecular weight excluding hydrogens is 354 g/mol. The molecule has 1 saturated carbocycles. The van der Waals surface area contributed by atoms with E-state index in [9.17, 15) is 4.79 Å². The predicted molar refractivity (Wildman–Crippen MR) is 109 cm³/mol. The SMILES string of the molecule is COc1cccc(Oc2ccc(NC(=O)N3CC4C(CN(C)C)C4C3)cc2)c1. The molecule has 2 aromatic rings. The van der Waals surface area contributed by atoms with Crippen LogP contribution in [0.1, 0.15) is 0 Å². The molecule has 28 heavy (non-hydrogen) atoms. The lowest BCUT2D eigenvalue weighted by Crippen LogP contribution is -2.36. The molecule has 0 spiro atoms. The largest absolute Gasteiger partial charge is 0.497 e. The average molecular weight is 381 g/mol. The van der Waals surface area contributed by atoms with Crippen LogP contribution in [-0.4, -0.2) is 56.7 Å². The second kappa shape index (κ2) is 7.72. The Morgan fingerprint density at radius 3 is 2.39 bits per heavy atom. The number of anilines is 1. The molecule has 6 heteroatoms. The minimum Gasteiger partial charge on any atom is -0.497 e. The Hall–Kier alpha value is -2.73. The Bertz CT molecular complexity index is 825. The summed E-state index contributed by atoms with van der Waals surface area (Å²) in [6, 6.07) is 14.9. The number of likely N-dealkylation sites (tertiary alicyclic amines) is 1. The number of hydrogen-bond donors (Lipinski definition) is 1. The molecule has 1 heterocycles. The van der Waals surface area contributed by atoms with Gasteiger partial charge >= 0.3 is 6.03 Å². The van der Waals surface area contributed by atoms with Gasteiger partial charge in [-0.15, -0.1) is 0 Å². The van der Waals surface area contributed by atoms with E-state index in [0.717, 1.165) is 37.0 Å². The van der Waals surface area contributed by atoms with Crippen LogP contribution in [0.25, 0.3) is 0 Å². The minimum absolute atomic E-state index is 0.0164. The summed E-state index contributed by atoms with van der Waals surface area (Å²) in [4.78, 5) is 16.7. The van der Waals surface area contributed by atoms with Gasteiger partial charge in [0.15, 0.2) is 0 Å². The van der Waals surface area contributed by atoms with Crippen molar-refractivity contribution in [3.63, 3.8) is 0 Å². The molecule has 1 saturated heterocycles. The monoisotopic (exact) mass is 381 g/mol. The Balaban J connectivity index is 1.28. The molecule has 2 aliphatic rings. The topological polar surface area (TPSA) is 54.0 Å². The average Bonchev–Trinajstić information content (AvgIpc) is 3.12. The molecule has 4 rings (SSSR count). The standard InChI is InChI=1S/C22H27N3O3/c1-24(2)12-19-20-13-25(14-21(19)20)22(26)23-15-7-9-16(10-8-15)28-18-6-4-5-17(11-18)27-3/h4-11,19-21H,12-14H2,1-3H3,(H,23,26). The van der Waals surface area contributed by atoms with Crippen molar-refractivity contribution in [3.8, 4) is 17.2 Å². The highest BCUT2D eigenvalue weighted by Gasteiger charge is 2.56. The first-order valence-corrected chi connectivity index (χ1v) is 9.66. The molecule has 0 bridgehead atoms. The number of fused-ring (bicyclic) bond motifs is 1. The molecule has 2 unspecified atom stereocenters. The van der Waals surface area contributed by atoms with Crippen LogP contribution in [0.4, 0.5) is 10.5 Å². The Morgan fingerprint density at radius 2 is 1.75 bits per heavy atom. The highest BCUT2D eigenvalue weighted by Crippen LogP contribution is 2.51. The second-order valence-corrected chi connectivity index (χ2v) is 7.89. The fourth-order valence-electron chi connectivity index (χ4n) is 4.12. The first kappa shape index (κ1) is 18.6. The molecule has 148 valence electrons. The Labute approximate surface area is 166 Å². The number of nitrogens with one attached hydrogen (secondary N) is 1. The van der Waals surface area contributed by atoms with Crippen molar-refractivity contribution in [2.75, 3.05) is 46.2 Å². The highest BCUT2D eigenvalue weighted by molar-refractivity contribution is 5.89. The molecule has 1 aliphatic heterocycles. The number of rotatable bonds is 6. The van der Waals surface area contributed by atoms with Gasteiger partial charge in [-0.3, -0.25) is 0 Å². The molecule has 2 atom stereocenters. The maximum atomic E-state index is 12.5. The zero-order chi connectivity index (χ0) is 19.7. The predicted octanol–water partition coefficient (Wildman–Crippen LogP) is 3.76. The third kappa shape index (κ3) is 4.07. The van der Waals surface area contributed by atoms with E-state index in [1.165, 1.54) is 0 Å². The summed E-state index contributed by atoms with van der Waals surface area (Å²) in [6.45, 7) is 2.86. The summed E-state index contributed by atoms with van der Waals surface area (Å²) in [6.07, 6.45) is 0. The normalized spacial score (nSPS) is 22.7. The van der Waals surface area contributed by atoms with E-state index in [1.54, 1.807) is 7.11 Å². The zero-order valence-electron chi connectivity index (χ0n) is 16.6. The molecule has 0 radical (unpaired) electrons. The Morgan fingerprint density at radius 1 is 1.07 bits per heavy atom. The highest BCUT2D eigenvalue weighted by atomic mass is 16.5. The van der Waals surface area contributed by atoms with Crippen LogP contribution < -0.4 is 14.8 Å². The Kier molecular flexibility index (Phi) is 5.13. The number of benzene rings is 2. The maximum absolute atomic E-state index is 12.5. The van der Waals surface area contributed by atoms with E-state index in [0.29, 0.717) is 23.3 Å². The summed E-state index contributed by atoms with van der Waals surface area (Å²) in [5.41, 5.74) is 0.772. The minimum atomic E-state index is -0.0164. The van der Waals surface area contributed by atoms with Crippen LogP contribution in [0.2, 0.25) is 0 Å². The van der Waals surface area contributed by atoms with Gasteiger partial charge in [0.1, 0.15) is 17.2 Å². The van der Waals surface area contributed by atoms with E-state index < -0.39 is 0 Å². The van der Waals surface area contributed by atoms with Gasteiger partial charge in [-0.25, -0.2) is 4.79 Å². The summed E-state index contributed by atoms with van der Waals surface area (Å²) in [5.74, 6) is 4.27. The van der Waals surface area contributed by atoms with Crippen molar-refractivity contribution in [2.45, 2.75) is 0 Å². The first-order chi connectivity index (χ1) is 13.5. The number of carbonyl (C=O) groups is 1. The van der Waals surface area contributed by atoms with Crippen LogP contribution in [0, 0.1) is 17.8 Å². The molecule has 1 aliphatic carbocycles. The van der Waals surface area contributed by atoms with Crippen molar-refractivity contribution in [1.29, 1.82) is 0 Å². The first-order valence-electron chi connectivity index (χ1n) is 9.66. The van der Waals surface area contributed by atoms with Gasteiger partial charge in [-0.2, -0.15) is 0 Å². The molecular formula is C22H27N3O3. The van der Waals surface area contributed by atoms with Crippen molar-refractivity contribution in [1.82, 2.24) is 9.80 Å². The summed E-state index contributed by atoms with van der Waals surface area (Å²) < 4.78 is 11.0. The number of nitrogens with zero attached hydrogens (tertiary/aromatic N) is 2. The van der Waals surface area contributed by atoms with E-state index in [1.807, 2.05) is 53.4 Å². The van der Waals surface area contributed by atoms with Crippen LogP contribution in [0.5, 0.6) is 17.2 Å². The molecule has 1 N–H and O–H groups in total. The number of carbonyl (C=O) groups excluding carboxylic acids is 1. The molecule has 2 fully saturated rings. The third-order valence-electron chi connectivity index (χ3n) is 5.62. The van der Waals surface area contributed by atoms with Crippen molar-refractivity contribution in [2.24, 2.45) is 17.8 Å². The number of ether oxygens (including phenoxy) is 2. The zero-order valence-corrected chi connectivity index (χ0v) is 16.6. The van der Waals surface area contributed by atoms with Crippen LogP contribution >= 0.6 is 0 Å². The number of piperidine rings is 1. The third-order valence-corrected chi connectivity index (χ3v) is 5.62. The van der Waals surface area contributed by atoms with Crippen LogP contribution in [-0.2, 0) is 0 Å². The smallest absolute Gasteiger partial charge is 0.321 e. The lowest BCUT2D eigenvalue weighted by atomic mass is 10.2. The van der Waals surface area contributed by atoms with Gasteiger partial charge in [0, 0.05) is 31.4 Å². The molecule has 2 amide bonds. The maximum Gasteiger partial charge on any atom is 0.321 e. The van der Waals surface area contributed by atoms with Gasteiger partial charge in [0.05, 0.1) is 7.11 Å². The van der Waals surface area contributed by atoms with Crippen molar-refractivity contribution >= 4 is 11.7 Å². The fourth-order valence-corrected chi connectivity index (χ4v) is 4.12.